The summed E-state index contributed by atoms with van der Waals surface area (Å²) >= 11 is 0. The molecule has 2 aliphatic rings. The first-order valence-electron chi connectivity index (χ1n) is 8.25. The van der Waals surface area contributed by atoms with Gasteiger partial charge in [-0.15, -0.1) is 0 Å². The van der Waals surface area contributed by atoms with Crippen molar-refractivity contribution in [2.75, 3.05) is 0 Å². The second kappa shape index (κ2) is 8.06. The van der Waals surface area contributed by atoms with E-state index in [1.807, 2.05) is 0 Å². The van der Waals surface area contributed by atoms with Gasteiger partial charge in [-0.3, -0.25) is 9.59 Å². The second-order valence-electron chi connectivity index (χ2n) is 6.64. The van der Waals surface area contributed by atoms with Gasteiger partial charge in [-0.25, -0.2) is 10.9 Å². The quantitative estimate of drug-likeness (QED) is 0.606. The number of carbonyl (C=O) groups is 2. The summed E-state index contributed by atoms with van der Waals surface area (Å²) in [6.45, 7) is 4.34. The number of nitrogens with zero attached hydrogens (tertiary/aromatic N) is 2. The van der Waals surface area contributed by atoms with Crippen LogP contribution in [-0.4, -0.2) is 23.2 Å². The first-order chi connectivity index (χ1) is 10.5. The summed E-state index contributed by atoms with van der Waals surface area (Å²) in [7, 11) is 0. The fourth-order valence-corrected chi connectivity index (χ4v) is 3.09. The molecule has 2 N–H and O–H groups in total. The lowest BCUT2D eigenvalue weighted by molar-refractivity contribution is -0.139. The van der Waals surface area contributed by atoms with Crippen molar-refractivity contribution in [1.82, 2.24) is 10.9 Å². The van der Waals surface area contributed by atoms with Gasteiger partial charge in [-0.05, 0) is 63.2 Å². The van der Waals surface area contributed by atoms with E-state index in [-0.39, 0.29) is 0 Å². The van der Waals surface area contributed by atoms with Gasteiger partial charge in [-0.2, -0.15) is 10.2 Å². The molecular weight excluding hydrogens is 280 g/mol. The Morgan fingerprint density at radius 1 is 0.864 bits per heavy atom. The Kier molecular flexibility index (Phi) is 6.10. The monoisotopic (exact) mass is 306 g/mol. The van der Waals surface area contributed by atoms with Crippen LogP contribution in [0.15, 0.2) is 10.2 Å². The maximum Gasteiger partial charge on any atom is 0.331 e. The molecule has 0 aliphatic heterocycles. The van der Waals surface area contributed by atoms with E-state index in [9.17, 15) is 9.59 Å². The molecule has 0 radical (unpaired) electrons. The average molecular weight is 306 g/mol. The molecule has 2 fully saturated rings. The molecule has 0 aromatic carbocycles. The fourth-order valence-electron chi connectivity index (χ4n) is 3.09. The zero-order chi connectivity index (χ0) is 15.9. The number of amides is 2. The molecule has 0 aromatic rings. The molecule has 0 saturated heterocycles. The molecule has 0 bridgehead atoms. The highest BCUT2D eigenvalue weighted by molar-refractivity contribution is 6.35. The SMILES string of the molecule is C[C@@H]1CCC/C(=N/NC(=O)C(=O)N/N=C2\CCC[C@@H](C)C2)C1. The van der Waals surface area contributed by atoms with E-state index in [2.05, 4.69) is 34.9 Å². The van der Waals surface area contributed by atoms with Crippen molar-refractivity contribution in [2.24, 2.45) is 22.0 Å². The Hall–Kier alpha value is -1.72. The minimum absolute atomic E-state index is 0.595. The minimum atomic E-state index is -0.751. The Bertz CT molecular complexity index is 441. The lowest BCUT2D eigenvalue weighted by Crippen LogP contribution is -2.36. The van der Waals surface area contributed by atoms with Gasteiger partial charge in [0.2, 0.25) is 0 Å². The Morgan fingerprint density at radius 2 is 1.27 bits per heavy atom. The van der Waals surface area contributed by atoms with Gasteiger partial charge in [0, 0.05) is 11.4 Å². The fraction of sp³-hybridized carbons (Fsp3) is 0.750. The maximum atomic E-state index is 11.7. The van der Waals surface area contributed by atoms with Crippen molar-refractivity contribution >= 4 is 23.2 Å². The lowest BCUT2D eigenvalue weighted by Gasteiger charge is -2.19. The van der Waals surface area contributed by atoms with Crippen LogP contribution in [0.3, 0.4) is 0 Å². The summed E-state index contributed by atoms with van der Waals surface area (Å²) < 4.78 is 0. The Balaban J connectivity index is 1.78. The topological polar surface area (TPSA) is 82.9 Å². The van der Waals surface area contributed by atoms with Crippen LogP contribution in [0.1, 0.15) is 65.2 Å². The average Bonchev–Trinajstić information content (AvgIpc) is 2.50. The number of hydrazone groups is 2. The third-order valence-electron chi connectivity index (χ3n) is 4.33. The minimum Gasteiger partial charge on any atom is -0.262 e. The molecule has 0 spiro atoms. The summed E-state index contributed by atoms with van der Waals surface area (Å²) in [5.74, 6) is -0.311. The van der Waals surface area contributed by atoms with Crippen molar-refractivity contribution < 1.29 is 9.59 Å². The van der Waals surface area contributed by atoms with E-state index in [1.54, 1.807) is 0 Å². The van der Waals surface area contributed by atoms with Gasteiger partial charge in [0.1, 0.15) is 0 Å². The number of hydrogen-bond donors (Lipinski definition) is 2. The predicted octanol–water partition coefficient (Wildman–Crippen LogP) is 2.35. The highest BCUT2D eigenvalue weighted by Crippen LogP contribution is 2.21. The largest absolute Gasteiger partial charge is 0.331 e. The number of carbonyl (C=O) groups excluding carboxylic acids is 2. The zero-order valence-corrected chi connectivity index (χ0v) is 13.5. The van der Waals surface area contributed by atoms with Gasteiger partial charge in [0.05, 0.1) is 0 Å². The van der Waals surface area contributed by atoms with Crippen LogP contribution < -0.4 is 10.9 Å². The molecule has 0 unspecified atom stereocenters. The predicted molar refractivity (Wildman–Crippen MR) is 86.4 cm³/mol. The second-order valence-corrected chi connectivity index (χ2v) is 6.64. The van der Waals surface area contributed by atoms with Gasteiger partial charge in [-0.1, -0.05) is 13.8 Å². The van der Waals surface area contributed by atoms with Crippen LogP contribution >= 0.6 is 0 Å². The molecule has 2 amide bonds. The summed E-state index contributed by atoms with van der Waals surface area (Å²) in [5, 5.41) is 8.14. The van der Waals surface area contributed by atoms with Crippen LogP contribution in [-0.2, 0) is 9.59 Å². The van der Waals surface area contributed by atoms with E-state index in [4.69, 9.17) is 0 Å². The van der Waals surface area contributed by atoms with E-state index < -0.39 is 11.8 Å². The van der Waals surface area contributed by atoms with Crippen LogP contribution in [0.5, 0.6) is 0 Å². The molecule has 0 heterocycles. The molecule has 2 aliphatic carbocycles. The van der Waals surface area contributed by atoms with Crippen molar-refractivity contribution in [3.05, 3.63) is 0 Å². The first kappa shape index (κ1) is 16.6. The smallest absolute Gasteiger partial charge is 0.262 e. The highest BCUT2D eigenvalue weighted by Gasteiger charge is 2.18. The molecule has 22 heavy (non-hydrogen) atoms. The summed E-state index contributed by atoms with van der Waals surface area (Å²) in [5.41, 5.74) is 6.60. The standard InChI is InChI=1S/C16H26N4O2/c1-11-5-3-7-13(9-11)17-19-15(21)16(22)20-18-14-8-4-6-12(2)10-14/h11-12H,3-10H2,1-2H3,(H,19,21)(H,20,22)/b17-13-,18-14+/t11-,12-/m1/s1. The van der Waals surface area contributed by atoms with Gasteiger partial charge < -0.3 is 0 Å². The van der Waals surface area contributed by atoms with Crippen LogP contribution in [0, 0.1) is 11.8 Å². The summed E-state index contributed by atoms with van der Waals surface area (Å²) in [6.07, 6.45) is 8.15. The number of hydrogen-bond acceptors (Lipinski definition) is 4. The van der Waals surface area contributed by atoms with Crippen molar-refractivity contribution in [3.63, 3.8) is 0 Å². The third-order valence-corrected chi connectivity index (χ3v) is 4.33. The molecule has 2 saturated carbocycles. The lowest BCUT2D eigenvalue weighted by atomic mass is 9.89. The van der Waals surface area contributed by atoms with Crippen molar-refractivity contribution in [3.8, 4) is 0 Å². The van der Waals surface area contributed by atoms with Crippen LogP contribution in [0.2, 0.25) is 0 Å². The molecule has 6 nitrogen and oxygen atoms in total. The van der Waals surface area contributed by atoms with Crippen LogP contribution in [0.4, 0.5) is 0 Å². The molecule has 0 aromatic heterocycles. The van der Waals surface area contributed by atoms with Gasteiger partial charge in [0.15, 0.2) is 0 Å². The third kappa shape index (κ3) is 5.24. The van der Waals surface area contributed by atoms with E-state index >= 15 is 0 Å². The molecule has 6 heteroatoms. The van der Waals surface area contributed by atoms with E-state index in [1.165, 1.54) is 12.8 Å². The first-order valence-corrected chi connectivity index (χ1v) is 8.25. The van der Waals surface area contributed by atoms with E-state index in [0.717, 1.165) is 49.9 Å². The zero-order valence-electron chi connectivity index (χ0n) is 13.5. The maximum absolute atomic E-state index is 11.7. The summed E-state index contributed by atoms with van der Waals surface area (Å²) in [6, 6.07) is 0. The van der Waals surface area contributed by atoms with Gasteiger partial charge in [0.25, 0.3) is 0 Å². The number of nitrogens with one attached hydrogen (secondary N) is 2. The Morgan fingerprint density at radius 3 is 1.64 bits per heavy atom. The Labute approximate surface area is 131 Å². The van der Waals surface area contributed by atoms with E-state index in [0.29, 0.717) is 11.8 Å². The number of rotatable bonds is 2. The van der Waals surface area contributed by atoms with Gasteiger partial charge >= 0.3 is 11.8 Å². The summed E-state index contributed by atoms with van der Waals surface area (Å²) in [4.78, 5) is 23.4. The van der Waals surface area contributed by atoms with Crippen molar-refractivity contribution in [1.29, 1.82) is 0 Å². The highest BCUT2D eigenvalue weighted by atomic mass is 16.2. The molecular formula is C16H26N4O2. The van der Waals surface area contributed by atoms with Crippen LogP contribution in [0.25, 0.3) is 0 Å². The molecule has 2 rings (SSSR count). The molecule has 2 atom stereocenters. The van der Waals surface area contributed by atoms with Crippen molar-refractivity contribution in [2.45, 2.75) is 65.2 Å². The molecule has 122 valence electrons. The normalized spacial score (nSPS) is 29.4.